The topological polar surface area (TPSA) is 37.8 Å². The molecule has 78 valence electrons. The maximum Gasteiger partial charge on any atom is 0.189 e. The number of halogens is 2. The minimum absolute atomic E-state index is 0.414. The van der Waals surface area contributed by atoms with Crippen LogP contribution < -0.4 is 5.32 Å². The highest BCUT2D eigenvalue weighted by atomic mass is 79.9. The van der Waals surface area contributed by atoms with Crippen molar-refractivity contribution in [1.29, 1.82) is 0 Å². The van der Waals surface area contributed by atoms with Crippen molar-refractivity contribution < 1.29 is 0 Å². The molecule has 2 aromatic heterocycles. The van der Waals surface area contributed by atoms with Gasteiger partial charge >= 0.3 is 0 Å². The fourth-order valence-electron chi connectivity index (χ4n) is 1.05. The summed E-state index contributed by atoms with van der Waals surface area (Å²) >= 11 is 10.6. The molecule has 0 aliphatic heterocycles. The molecule has 0 amide bonds. The van der Waals surface area contributed by atoms with Gasteiger partial charge in [-0.25, -0.2) is 9.97 Å². The quantitative estimate of drug-likeness (QED) is 0.877. The Balaban J connectivity index is 2.16. The van der Waals surface area contributed by atoms with E-state index >= 15 is 0 Å². The third-order valence-electron chi connectivity index (χ3n) is 1.66. The van der Waals surface area contributed by atoms with Crippen LogP contribution in [0.4, 0.5) is 10.9 Å². The zero-order chi connectivity index (χ0) is 10.7. The van der Waals surface area contributed by atoms with Crippen LogP contribution in [0.5, 0.6) is 0 Å². The fourth-order valence-corrected chi connectivity index (χ4v) is 2.31. The second-order valence-corrected chi connectivity index (χ2v) is 5.42. The van der Waals surface area contributed by atoms with Crippen LogP contribution in [0, 0.1) is 0 Å². The Kier molecular flexibility index (Phi) is 3.56. The second-order valence-electron chi connectivity index (χ2n) is 2.74. The van der Waals surface area contributed by atoms with Gasteiger partial charge in [0, 0.05) is 0 Å². The molecule has 1 N–H and O–H groups in total. The molecule has 0 atom stereocenters. The Morgan fingerprint density at radius 2 is 2.33 bits per heavy atom. The van der Waals surface area contributed by atoms with Gasteiger partial charge in [-0.05, 0) is 28.1 Å². The average Bonchev–Trinajstić information content (AvgIpc) is 2.64. The van der Waals surface area contributed by atoms with Gasteiger partial charge in [-0.2, -0.15) is 0 Å². The van der Waals surface area contributed by atoms with Gasteiger partial charge in [-0.3, -0.25) is 0 Å². The van der Waals surface area contributed by atoms with Crippen molar-refractivity contribution in [2.45, 2.75) is 5.88 Å². The molecule has 0 saturated heterocycles. The summed E-state index contributed by atoms with van der Waals surface area (Å²) in [6.45, 7) is 0. The molecule has 0 aliphatic carbocycles. The summed E-state index contributed by atoms with van der Waals surface area (Å²) < 4.78 is 0.985. The first-order chi connectivity index (χ1) is 7.28. The normalized spacial score (nSPS) is 10.3. The van der Waals surface area contributed by atoms with Crippen molar-refractivity contribution in [3.8, 4) is 0 Å². The highest BCUT2D eigenvalue weighted by molar-refractivity contribution is 9.11. The first-order valence-corrected chi connectivity index (χ1v) is 6.32. The zero-order valence-electron chi connectivity index (χ0n) is 7.58. The van der Waals surface area contributed by atoms with Gasteiger partial charge in [0.1, 0.15) is 5.82 Å². The third kappa shape index (κ3) is 2.90. The SMILES string of the molecule is ClCc1cccc(Nc2ncc(Br)s2)n1. The molecule has 2 heterocycles. The Labute approximate surface area is 105 Å². The first kappa shape index (κ1) is 10.9. The van der Waals surface area contributed by atoms with Crippen molar-refractivity contribution in [2.24, 2.45) is 0 Å². The standard InChI is InChI=1S/C9H7BrClN3S/c10-7-5-12-9(15-7)14-8-3-1-2-6(4-11)13-8/h1-3,5H,4H2,(H,12,13,14). The lowest BCUT2D eigenvalue weighted by atomic mass is 10.4. The summed E-state index contributed by atoms with van der Waals surface area (Å²) in [5.41, 5.74) is 0.845. The van der Waals surface area contributed by atoms with Crippen molar-refractivity contribution in [2.75, 3.05) is 5.32 Å². The van der Waals surface area contributed by atoms with Gasteiger partial charge in [0.2, 0.25) is 0 Å². The van der Waals surface area contributed by atoms with Gasteiger partial charge in [-0.1, -0.05) is 17.4 Å². The monoisotopic (exact) mass is 303 g/mol. The minimum atomic E-state index is 0.414. The number of pyridine rings is 1. The molecule has 0 unspecified atom stereocenters. The van der Waals surface area contributed by atoms with E-state index < -0.39 is 0 Å². The van der Waals surface area contributed by atoms with Crippen LogP contribution in [-0.2, 0) is 5.88 Å². The lowest BCUT2D eigenvalue weighted by molar-refractivity contribution is 1.17. The molecule has 3 nitrogen and oxygen atoms in total. The number of thiazole rings is 1. The predicted molar refractivity (Wildman–Crippen MR) is 66.9 cm³/mol. The molecule has 2 rings (SSSR count). The second kappa shape index (κ2) is 4.92. The van der Waals surface area contributed by atoms with Crippen LogP contribution in [-0.4, -0.2) is 9.97 Å². The summed E-state index contributed by atoms with van der Waals surface area (Å²) in [5.74, 6) is 1.17. The number of hydrogen-bond acceptors (Lipinski definition) is 4. The summed E-state index contributed by atoms with van der Waals surface area (Å²) in [5, 5.41) is 3.91. The molecule has 0 spiro atoms. The maximum absolute atomic E-state index is 5.70. The first-order valence-electron chi connectivity index (χ1n) is 4.18. The average molecular weight is 305 g/mol. The molecule has 0 bridgehead atoms. The molecular weight excluding hydrogens is 298 g/mol. The minimum Gasteiger partial charge on any atom is -0.316 e. The number of aromatic nitrogens is 2. The molecule has 6 heteroatoms. The highest BCUT2D eigenvalue weighted by Crippen LogP contribution is 2.25. The Bertz CT molecular complexity index is 460. The van der Waals surface area contributed by atoms with Crippen molar-refractivity contribution >= 4 is 49.8 Å². The number of anilines is 2. The molecule has 0 fully saturated rings. The van der Waals surface area contributed by atoms with Crippen molar-refractivity contribution in [1.82, 2.24) is 9.97 Å². The number of hydrogen-bond donors (Lipinski definition) is 1. The number of nitrogens with zero attached hydrogens (tertiary/aromatic N) is 2. The van der Waals surface area contributed by atoms with E-state index in [-0.39, 0.29) is 0 Å². The molecule has 0 saturated carbocycles. The van der Waals surface area contributed by atoms with E-state index in [2.05, 4.69) is 31.2 Å². The summed E-state index contributed by atoms with van der Waals surface area (Å²) in [7, 11) is 0. The highest BCUT2D eigenvalue weighted by Gasteiger charge is 2.01. The summed E-state index contributed by atoms with van der Waals surface area (Å²) in [6, 6.07) is 5.68. The van der Waals surface area contributed by atoms with E-state index in [1.165, 1.54) is 11.3 Å². The third-order valence-corrected chi connectivity index (χ3v) is 3.32. The largest absolute Gasteiger partial charge is 0.316 e. The van der Waals surface area contributed by atoms with Gasteiger partial charge < -0.3 is 5.32 Å². The zero-order valence-corrected chi connectivity index (χ0v) is 10.7. The van der Waals surface area contributed by atoms with E-state index in [0.29, 0.717) is 5.88 Å². The van der Waals surface area contributed by atoms with Gasteiger partial charge in [0.05, 0.1) is 21.6 Å². The summed E-state index contributed by atoms with van der Waals surface area (Å²) in [4.78, 5) is 8.46. The number of nitrogens with one attached hydrogen (secondary N) is 1. The van der Waals surface area contributed by atoms with Crippen LogP contribution in [0.25, 0.3) is 0 Å². The van der Waals surface area contributed by atoms with Crippen LogP contribution >= 0.6 is 38.9 Å². The molecular formula is C9H7BrClN3S. The smallest absolute Gasteiger partial charge is 0.189 e. The van der Waals surface area contributed by atoms with E-state index in [9.17, 15) is 0 Å². The van der Waals surface area contributed by atoms with Crippen LogP contribution in [0.2, 0.25) is 0 Å². The Morgan fingerprint density at radius 3 is 3.00 bits per heavy atom. The molecule has 2 aromatic rings. The van der Waals surface area contributed by atoms with Crippen LogP contribution in [0.3, 0.4) is 0 Å². The van der Waals surface area contributed by atoms with E-state index in [1.54, 1.807) is 6.20 Å². The summed E-state index contributed by atoms with van der Waals surface area (Å²) in [6.07, 6.45) is 1.75. The Morgan fingerprint density at radius 1 is 1.47 bits per heavy atom. The van der Waals surface area contributed by atoms with E-state index in [0.717, 1.165) is 20.4 Å². The molecule has 0 aliphatic rings. The Hall–Kier alpha value is -0.650. The molecule has 0 aromatic carbocycles. The van der Waals surface area contributed by atoms with E-state index in [1.807, 2.05) is 18.2 Å². The van der Waals surface area contributed by atoms with E-state index in [4.69, 9.17) is 11.6 Å². The molecule has 0 radical (unpaired) electrons. The van der Waals surface area contributed by atoms with Gasteiger partial charge in [0.25, 0.3) is 0 Å². The lowest BCUT2D eigenvalue weighted by Gasteiger charge is -2.02. The van der Waals surface area contributed by atoms with Crippen molar-refractivity contribution in [3.63, 3.8) is 0 Å². The number of rotatable bonds is 3. The van der Waals surface area contributed by atoms with Crippen molar-refractivity contribution in [3.05, 3.63) is 33.9 Å². The predicted octanol–water partition coefficient (Wildman–Crippen LogP) is 3.78. The van der Waals surface area contributed by atoms with Gasteiger partial charge in [0.15, 0.2) is 5.13 Å². The molecule has 15 heavy (non-hydrogen) atoms. The van der Waals surface area contributed by atoms with Crippen LogP contribution in [0.15, 0.2) is 28.2 Å². The van der Waals surface area contributed by atoms with Crippen LogP contribution in [0.1, 0.15) is 5.69 Å². The maximum atomic E-state index is 5.70. The fraction of sp³-hybridized carbons (Fsp3) is 0.111. The lowest BCUT2D eigenvalue weighted by Crippen LogP contribution is -1.94. The number of alkyl halides is 1. The van der Waals surface area contributed by atoms with Gasteiger partial charge in [-0.15, -0.1) is 11.6 Å².